The smallest absolute Gasteiger partial charge is 0.163 e. The molecule has 0 fully saturated rings. The molecular weight excluding hydrogens is 102 g/mol. The molecule has 8 heavy (non-hydrogen) atoms. The molecule has 0 bridgehead atoms. The molecule has 1 heterocycles. The third kappa shape index (κ3) is 5.37. The van der Waals surface area contributed by atoms with Crippen LogP contribution in [0.3, 0.4) is 0 Å². The molecule has 1 aliphatic heterocycles. The first-order chi connectivity index (χ1) is 3.91. The lowest BCUT2D eigenvalue weighted by Gasteiger charge is -1.61. The standard InChI is InChI=1S/C4H5N.C2H6O/c1-2-4-5-3-1;1-3-2/h1,3-4H,2H2;1-2H3/p+1. The average Bonchev–Trinajstić information content (AvgIpc) is 2.17. The summed E-state index contributed by atoms with van der Waals surface area (Å²) in [6, 6.07) is 0. The van der Waals surface area contributed by atoms with E-state index >= 15 is 0 Å². The number of ether oxygens (including phenoxy) is 1. The van der Waals surface area contributed by atoms with Crippen LogP contribution in [0.1, 0.15) is 6.42 Å². The van der Waals surface area contributed by atoms with E-state index in [1.807, 2.05) is 12.4 Å². The summed E-state index contributed by atoms with van der Waals surface area (Å²) in [5, 5.41) is 0. The molecule has 2 nitrogen and oxygen atoms in total. The molecule has 0 unspecified atom stereocenters. The molecule has 2 heteroatoms. The van der Waals surface area contributed by atoms with Gasteiger partial charge in [-0.3, -0.25) is 0 Å². The van der Waals surface area contributed by atoms with E-state index in [1.165, 1.54) is 0 Å². The van der Waals surface area contributed by atoms with Gasteiger partial charge in [0.1, 0.15) is 6.21 Å². The Morgan fingerprint density at radius 1 is 1.50 bits per heavy atom. The molecule has 0 aromatic rings. The Morgan fingerprint density at radius 3 is 2.25 bits per heavy atom. The van der Waals surface area contributed by atoms with E-state index in [9.17, 15) is 0 Å². The molecule has 0 saturated heterocycles. The van der Waals surface area contributed by atoms with Crippen LogP contribution in [0.2, 0.25) is 0 Å². The monoisotopic (exact) mass is 114 g/mol. The fraction of sp³-hybridized carbons (Fsp3) is 0.500. The minimum absolute atomic E-state index is 1.08. The van der Waals surface area contributed by atoms with Crippen molar-refractivity contribution >= 4 is 6.21 Å². The second-order valence-electron chi connectivity index (χ2n) is 1.42. The zero-order valence-electron chi connectivity index (χ0n) is 5.35. The minimum Gasteiger partial charge on any atom is -0.388 e. The van der Waals surface area contributed by atoms with E-state index in [4.69, 9.17) is 0 Å². The van der Waals surface area contributed by atoms with Crippen LogP contribution in [0.25, 0.3) is 0 Å². The number of allylic oxidation sites excluding steroid dienone is 1. The highest BCUT2D eigenvalue weighted by molar-refractivity contribution is 5.54. The summed E-state index contributed by atoms with van der Waals surface area (Å²) in [5.41, 5.74) is 0. The van der Waals surface area contributed by atoms with Crippen LogP contribution in [0.4, 0.5) is 0 Å². The fourth-order valence-corrected chi connectivity index (χ4v) is 0.340. The summed E-state index contributed by atoms with van der Waals surface area (Å²) in [6.45, 7) is 0. The molecule has 0 aromatic carbocycles. The van der Waals surface area contributed by atoms with Gasteiger partial charge in [0.2, 0.25) is 0 Å². The molecule has 0 amide bonds. The summed E-state index contributed by atoms with van der Waals surface area (Å²) in [6.07, 6.45) is 7.08. The summed E-state index contributed by atoms with van der Waals surface area (Å²) >= 11 is 0. The second kappa shape index (κ2) is 6.37. The molecule has 0 spiro atoms. The number of rotatable bonds is 0. The maximum absolute atomic E-state index is 4.25. The average molecular weight is 114 g/mol. The quantitative estimate of drug-likeness (QED) is 0.443. The van der Waals surface area contributed by atoms with Crippen molar-refractivity contribution in [3.05, 3.63) is 12.3 Å². The van der Waals surface area contributed by atoms with Crippen LogP contribution in [-0.2, 0) is 4.74 Å². The molecule has 46 valence electrons. The first kappa shape index (κ1) is 7.37. The summed E-state index contributed by atoms with van der Waals surface area (Å²) < 4.78 is 4.25. The molecule has 1 aliphatic rings. The number of methoxy groups -OCH3 is 1. The maximum atomic E-state index is 4.25. The topological polar surface area (TPSA) is 23.2 Å². The molecule has 0 aromatic heterocycles. The van der Waals surface area contributed by atoms with Crippen molar-refractivity contribution in [2.45, 2.75) is 6.42 Å². The Morgan fingerprint density at radius 2 is 2.12 bits per heavy atom. The van der Waals surface area contributed by atoms with Crippen molar-refractivity contribution in [1.29, 1.82) is 0 Å². The number of hydrogen-bond donors (Lipinski definition) is 1. The third-order valence-corrected chi connectivity index (χ3v) is 0.586. The first-order valence-corrected chi connectivity index (χ1v) is 2.54. The zero-order valence-corrected chi connectivity index (χ0v) is 5.35. The number of nitrogens with one attached hydrogen (secondary N) is 1. The van der Waals surface area contributed by atoms with Crippen molar-refractivity contribution in [2.24, 2.45) is 0 Å². The Hall–Kier alpha value is -0.630. The lowest BCUT2D eigenvalue weighted by Crippen LogP contribution is -2.58. The van der Waals surface area contributed by atoms with E-state index in [1.54, 1.807) is 14.2 Å². The number of hydrogen-bond acceptors (Lipinski definition) is 1. The highest BCUT2D eigenvalue weighted by atomic mass is 16.4. The lowest BCUT2D eigenvalue weighted by molar-refractivity contribution is -0.363. The summed E-state index contributed by atoms with van der Waals surface area (Å²) in [5.74, 6) is 0. The third-order valence-electron chi connectivity index (χ3n) is 0.586. The summed E-state index contributed by atoms with van der Waals surface area (Å²) in [4.78, 5) is 2.92. The Balaban J connectivity index is 0.000000145. The minimum atomic E-state index is 1.08. The van der Waals surface area contributed by atoms with Gasteiger partial charge in [-0.25, -0.2) is 4.99 Å². The van der Waals surface area contributed by atoms with Crippen molar-refractivity contribution in [3.8, 4) is 0 Å². The second-order valence-corrected chi connectivity index (χ2v) is 1.42. The van der Waals surface area contributed by atoms with Gasteiger partial charge in [-0.15, -0.1) is 0 Å². The van der Waals surface area contributed by atoms with Crippen LogP contribution in [0, 0.1) is 0 Å². The molecular formula is C6H12NO+. The Labute approximate surface area is 49.9 Å². The maximum Gasteiger partial charge on any atom is 0.163 e. The predicted molar refractivity (Wildman–Crippen MR) is 33.7 cm³/mol. The molecule has 0 radical (unpaired) electrons. The van der Waals surface area contributed by atoms with E-state index in [0.29, 0.717) is 0 Å². The zero-order chi connectivity index (χ0) is 6.24. The van der Waals surface area contributed by atoms with Gasteiger partial charge in [-0.1, -0.05) is 0 Å². The lowest BCUT2D eigenvalue weighted by atomic mass is 10.5. The SMILES string of the molecule is C1=C[NH+]=CC1.COC. The van der Waals surface area contributed by atoms with Crippen molar-refractivity contribution in [1.82, 2.24) is 0 Å². The van der Waals surface area contributed by atoms with Gasteiger partial charge in [0.25, 0.3) is 0 Å². The first-order valence-electron chi connectivity index (χ1n) is 2.54. The Kier molecular flexibility index (Phi) is 5.87. The van der Waals surface area contributed by atoms with Crippen LogP contribution in [-0.4, -0.2) is 20.4 Å². The van der Waals surface area contributed by atoms with Crippen molar-refractivity contribution < 1.29 is 9.73 Å². The molecule has 0 atom stereocenters. The fourth-order valence-electron chi connectivity index (χ4n) is 0.340. The van der Waals surface area contributed by atoms with Crippen molar-refractivity contribution in [3.63, 3.8) is 0 Å². The highest BCUT2D eigenvalue weighted by Crippen LogP contribution is 1.69. The van der Waals surface area contributed by atoms with Gasteiger partial charge in [0.15, 0.2) is 6.20 Å². The predicted octanol–water partition coefficient (Wildman–Crippen LogP) is -0.682. The Bertz CT molecular complexity index is 76.5. The van der Waals surface area contributed by atoms with Gasteiger partial charge in [-0.05, 0) is 6.08 Å². The van der Waals surface area contributed by atoms with Crippen LogP contribution in [0.15, 0.2) is 12.3 Å². The van der Waals surface area contributed by atoms with Crippen LogP contribution in [0.5, 0.6) is 0 Å². The summed E-state index contributed by atoms with van der Waals surface area (Å²) in [7, 11) is 3.25. The van der Waals surface area contributed by atoms with E-state index in [0.717, 1.165) is 6.42 Å². The molecule has 1 N–H and O–H groups in total. The molecule has 0 saturated carbocycles. The van der Waals surface area contributed by atoms with E-state index < -0.39 is 0 Å². The van der Waals surface area contributed by atoms with Gasteiger partial charge in [0, 0.05) is 20.6 Å². The van der Waals surface area contributed by atoms with Gasteiger partial charge in [0.05, 0.1) is 0 Å². The largest absolute Gasteiger partial charge is 0.388 e. The van der Waals surface area contributed by atoms with E-state index in [-0.39, 0.29) is 0 Å². The highest BCUT2D eigenvalue weighted by Gasteiger charge is 1.81. The van der Waals surface area contributed by atoms with Crippen LogP contribution < -0.4 is 4.99 Å². The molecule has 1 rings (SSSR count). The van der Waals surface area contributed by atoms with Crippen molar-refractivity contribution in [2.75, 3.05) is 14.2 Å². The van der Waals surface area contributed by atoms with Gasteiger partial charge < -0.3 is 4.74 Å². The normalized spacial score (nSPS) is 13.2. The van der Waals surface area contributed by atoms with E-state index in [2.05, 4.69) is 15.8 Å². The van der Waals surface area contributed by atoms with Crippen LogP contribution >= 0.6 is 0 Å². The van der Waals surface area contributed by atoms with Gasteiger partial charge >= 0.3 is 0 Å². The molecule has 0 aliphatic carbocycles. The van der Waals surface area contributed by atoms with Gasteiger partial charge in [-0.2, -0.15) is 0 Å².